The number of ether oxygens (including phenoxy) is 2. The second-order valence-corrected chi connectivity index (χ2v) is 10.8. The molecule has 2 aliphatic heterocycles. The first kappa shape index (κ1) is 26.7. The van der Waals surface area contributed by atoms with E-state index in [9.17, 15) is 9.59 Å². The molecule has 1 aromatic heterocycles. The van der Waals surface area contributed by atoms with Crippen LogP contribution < -0.4 is 15.8 Å². The number of halogens is 1. The van der Waals surface area contributed by atoms with E-state index < -0.39 is 0 Å². The van der Waals surface area contributed by atoms with Gasteiger partial charge in [-0.3, -0.25) is 9.59 Å². The van der Waals surface area contributed by atoms with Crippen molar-refractivity contribution in [3.05, 3.63) is 88.6 Å². The molecule has 8 nitrogen and oxygen atoms in total. The number of hydrogen-bond donors (Lipinski definition) is 2. The third-order valence-electron chi connectivity index (χ3n) is 6.94. The normalized spacial score (nSPS) is 18.0. The average Bonchev–Trinajstić information content (AvgIpc) is 3.35. The molecule has 2 aliphatic rings. The summed E-state index contributed by atoms with van der Waals surface area (Å²) in [7, 11) is 0. The molecule has 2 amide bonds. The van der Waals surface area contributed by atoms with E-state index in [1.807, 2.05) is 61.2 Å². The van der Waals surface area contributed by atoms with E-state index in [0.717, 1.165) is 22.3 Å². The van der Waals surface area contributed by atoms with Gasteiger partial charge < -0.3 is 25.4 Å². The predicted molar refractivity (Wildman–Crippen MR) is 151 cm³/mol. The van der Waals surface area contributed by atoms with Gasteiger partial charge in [0.05, 0.1) is 23.8 Å². The second-order valence-electron chi connectivity index (χ2n) is 10.4. The molecular formula is C30H31ClN4O4. The number of carbonyl (C=O) groups is 2. The zero-order valence-electron chi connectivity index (χ0n) is 21.9. The highest BCUT2D eigenvalue weighted by Gasteiger charge is 2.34. The molecule has 3 N–H and O–H groups in total. The van der Waals surface area contributed by atoms with Gasteiger partial charge in [0.15, 0.2) is 0 Å². The summed E-state index contributed by atoms with van der Waals surface area (Å²) in [5, 5.41) is 3.33. The van der Waals surface area contributed by atoms with Gasteiger partial charge in [0.25, 0.3) is 5.91 Å². The first-order chi connectivity index (χ1) is 18.7. The Kier molecular flexibility index (Phi) is 7.59. The molecule has 0 spiro atoms. The van der Waals surface area contributed by atoms with Crippen molar-refractivity contribution in [2.24, 2.45) is 0 Å². The lowest BCUT2D eigenvalue weighted by atomic mass is 9.98. The van der Waals surface area contributed by atoms with Crippen LogP contribution in [0.5, 0.6) is 5.75 Å². The number of hydrogen-bond acceptors (Lipinski definition) is 6. The number of nitrogens with one attached hydrogen (secondary N) is 1. The molecule has 202 valence electrons. The number of anilines is 1. The van der Waals surface area contributed by atoms with Crippen molar-refractivity contribution in [3.63, 3.8) is 0 Å². The maximum absolute atomic E-state index is 13.1. The number of aromatic nitrogens is 1. The van der Waals surface area contributed by atoms with Crippen molar-refractivity contribution < 1.29 is 19.1 Å². The van der Waals surface area contributed by atoms with Gasteiger partial charge >= 0.3 is 0 Å². The number of nitrogen functional groups attached to an aromatic ring is 1. The van der Waals surface area contributed by atoms with Crippen molar-refractivity contribution in [1.29, 1.82) is 0 Å². The Balaban J connectivity index is 1.22. The third kappa shape index (κ3) is 6.08. The summed E-state index contributed by atoms with van der Waals surface area (Å²) in [5.74, 6) is 0.835. The Bertz CT molecular complexity index is 1400. The first-order valence-corrected chi connectivity index (χ1v) is 13.2. The SMILES string of the molecule is CC1(C)COCCN1C(=O)c1ccc(-c2cc(Cl)c3c(c2)CC(/C=C/C(=O)NCc2ccc(N)nc2)O3)cc1. The summed E-state index contributed by atoms with van der Waals surface area (Å²) in [4.78, 5) is 31.3. The van der Waals surface area contributed by atoms with Gasteiger partial charge in [-0.2, -0.15) is 0 Å². The van der Waals surface area contributed by atoms with E-state index in [2.05, 4.69) is 10.3 Å². The molecule has 5 rings (SSSR count). The van der Waals surface area contributed by atoms with E-state index in [0.29, 0.717) is 54.9 Å². The van der Waals surface area contributed by atoms with E-state index >= 15 is 0 Å². The van der Waals surface area contributed by atoms with Crippen molar-refractivity contribution in [2.75, 3.05) is 25.5 Å². The predicted octanol–water partition coefficient (Wildman–Crippen LogP) is 4.41. The molecule has 1 saturated heterocycles. The minimum absolute atomic E-state index is 0.000894. The van der Waals surface area contributed by atoms with Crippen LogP contribution in [0.25, 0.3) is 11.1 Å². The molecule has 0 saturated carbocycles. The fourth-order valence-electron chi connectivity index (χ4n) is 4.80. The van der Waals surface area contributed by atoms with Crippen LogP contribution in [0.2, 0.25) is 5.02 Å². The van der Waals surface area contributed by atoms with Crippen LogP contribution >= 0.6 is 11.6 Å². The standard InChI is InChI=1S/C30H31ClN4O4/c1-30(2)18-38-12-11-35(30)29(37)21-6-4-20(5-7-21)22-13-23-14-24(39-28(23)25(31)15-22)8-10-27(36)34-17-19-3-9-26(32)33-16-19/h3-10,13,15-16,24H,11-12,14,17-18H2,1-2H3,(H2,32,33)(H,34,36)/b10-8+. The highest BCUT2D eigenvalue weighted by Crippen LogP contribution is 2.40. The van der Waals surface area contributed by atoms with Gasteiger partial charge in [0, 0.05) is 42.9 Å². The number of morpholine rings is 1. The fraction of sp³-hybridized carbons (Fsp3) is 0.300. The van der Waals surface area contributed by atoms with Crippen LogP contribution in [0.1, 0.15) is 35.3 Å². The van der Waals surface area contributed by atoms with Gasteiger partial charge in [-0.15, -0.1) is 0 Å². The average molecular weight is 547 g/mol. The van der Waals surface area contributed by atoms with E-state index in [4.69, 9.17) is 26.8 Å². The quantitative estimate of drug-likeness (QED) is 0.444. The van der Waals surface area contributed by atoms with Crippen LogP contribution in [0, 0.1) is 0 Å². The van der Waals surface area contributed by atoms with Crippen molar-refractivity contribution in [1.82, 2.24) is 15.2 Å². The largest absolute Gasteiger partial charge is 0.484 e. The Morgan fingerprint density at radius 3 is 2.69 bits per heavy atom. The summed E-state index contributed by atoms with van der Waals surface area (Å²) in [5.41, 5.74) is 9.60. The van der Waals surface area contributed by atoms with Gasteiger partial charge in [-0.05, 0) is 66.9 Å². The molecule has 9 heteroatoms. The van der Waals surface area contributed by atoms with Gasteiger partial charge in [0.1, 0.15) is 17.7 Å². The summed E-state index contributed by atoms with van der Waals surface area (Å²) < 4.78 is 11.6. The molecule has 3 heterocycles. The molecule has 1 fully saturated rings. The maximum Gasteiger partial charge on any atom is 0.254 e. The summed E-state index contributed by atoms with van der Waals surface area (Å²) in [6.07, 6.45) is 5.14. The zero-order chi connectivity index (χ0) is 27.6. The number of pyridine rings is 1. The number of rotatable bonds is 6. The number of carbonyl (C=O) groups excluding carboxylic acids is 2. The lowest BCUT2D eigenvalue weighted by Crippen LogP contribution is -2.55. The molecule has 0 aliphatic carbocycles. The van der Waals surface area contributed by atoms with Gasteiger partial charge in [0.2, 0.25) is 5.91 Å². The summed E-state index contributed by atoms with van der Waals surface area (Å²) >= 11 is 6.58. The van der Waals surface area contributed by atoms with Crippen molar-refractivity contribution in [3.8, 4) is 16.9 Å². The first-order valence-electron chi connectivity index (χ1n) is 12.9. The van der Waals surface area contributed by atoms with E-state index in [1.54, 1.807) is 18.3 Å². The van der Waals surface area contributed by atoms with Crippen molar-refractivity contribution >= 4 is 29.2 Å². The lowest BCUT2D eigenvalue weighted by Gasteiger charge is -2.42. The van der Waals surface area contributed by atoms with Crippen LogP contribution in [0.4, 0.5) is 5.82 Å². The summed E-state index contributed by atoms with van der Waals surface area (Å²) in [6, 6.07) is 15.0. The topological polar surface area (TPSA) is 107 Å². The number of benzene rings is 2. The highest BCUT2D eigenvalue weighted by atomic mass is 35.5. The zero-order valence-corrected chi connectivity index (χ0v) is 22.7. The van der Waals surface area contributed by atoms with Crippen LogP contribution in [0.15, 0.2) is 66.9 Å². The monoisotopic (exact) mass is 546 g/mol. The van der Waals surface area contributed by atoms with Crippen LogP contribution in [0.3, 0.4) is 0 Å². The Hall–Kier alpha value is -3.88. The molecule has 1 atom stereocenters. The van der Waals surface area contributed by atoms with Crippen LogP contribution in [-0.2, 0) is 22.5 Å². The molecule has 3 aromatic rings. The number of nitrogens with two attached hydrogens (primary N) is 1. The molecule has 0 bridgehead atoms. The number of nitrogens with zero attached hydrogens (tertiary/aromatic N) is 2. The fourth-order valence-corrected chi connectivity index (χ4v) is 5.08. The second kappa shape index (κ2) is 11.1. The van der Waals surface area contributed by atoms with E-state index in [1.165, 1.54) is 6.08 Å². The number of amides is 2. The molecular weight excluding hydrogens is 516 g/mol. The van der Waals surface area contributed by atoms with Gasteiger partial charge in [-0.1, -0.05) is 29.8 Å². The van der Waals surface area contributed by atoms with E-state index in [-0.39, 0.29) is 23.5 Å². The Labute approximate surface area is 232 Å². The van der Waals surface area contributed by atoms with Crippen molar-refractivity contribution in [2.45, 2.75) is 38.5 Å². The molecule has 0 radical (unpaired) electrons. The number of fused-ring (bicyclic) bond motifs is 1. The Morgan fingerprint density at radius 1 is 1.18 bits per heavy atom. The third-order valence-corrected chi connectivity index (χ3v) is 7.22. The minimum Gasteiger partial charge on any atom is -0.484 e. The smallest absolute Gasteiger partial charge is 0.254 e. The molecule has 2 aromatic carbocycles. The Morgan fingerprint density at radius 2 is 1.97 bits per heavy atom. The molecule has 1 unspecified atom stereocenters. The van der Waals surface area contributed by atoms with Gasteiger partial charge in [-0.25, -0.2) is 4.98 Å². The molecule has 39 heavy (non-hydrogen) atoms. The van der Waals surface area contributed by atoms with Crippen LogP contribution in [-0.4, -0.2) is 53.1 Å². The highest BCUT2D eigenvalue weighted by molar-refractivity contribution is 6.32. The minimum atomic E-state index is -0.346. The lowest BCUT2D eigenvalue weighted by molar-refractivity contribution is -0.116. The maximum atomic E-state index is 13.1. The summed E-state index contributed by atoms with van der Waals surface area (Å²) in [6.45, 7) is 6.03.